The Kier molecular flexibility index (Phi) is 6.01. The van der Waals surface area contributed by atoms with Crippen LogP contribution in [0.2, 0.25) is 5.02 Å². The van der Waals surface area contributed by atoms with E-state index in [0.29, 0.717) is 16.5 Å². The SMILES string of the molecule is CCOC(=O)CN1C(=O)S/C(=C\c2cc3c(cc2Cl)N(C)C(C)(C)CC3C)C1=O. The van der Waals surface area contributed by atoms with Crippen LogP contribution in [0.5, 0.6) is 0 Å². The van der Waals surface area contributed by atoms with Gasteiger partial charge in [-0.05, 0) is 74.2 Å². The van der Waals surface area contributed by atoms with Crippen LogP contribution in [0.3, 0.4) is 0 Å². The van der Waals surface area contributed by atoms with Crippen LogP contribution in [0.1, 0.15) is 51.2 Å². The van der Waals surface area contributed by atoms with Gasteiger partial charge in [0, 0.05) is 23.3 Å². The fourth-order valence-corrected chi connectivity index (χ4v) is 4.87. The first-order valence-corrected chi connectivity index (χ1v) is 10.7. The molecule has 1 aromatic rings. The number of fused-ring (bicyclic) bond motifs is 1. The van der Waals surface area contributed by atoms with Gasteiger partial charge in [-0.3, -0.25) is 19.3 Å². The van der Waals surface area contributed by atoms with Gasteiger partial charge in [0.2, 0.25) is 0 Å². The van der Waals surface area contributed by atoms with Crippen molar-refractivity contribution < 1.29 is 19.1 Å². The van der Waals surface area contributed by atoms with Gasteiger partial charge in [0.05, 0.1) is 11.5 Å². The maximum absolute atomic E-state index is 12.6. The Labute approximate surface area is 180 Å². The van der Waals surface area contributed by atoms with E-state index >= 15 is 0 Å². The molecule has 29 heavy (non-hydrogen) atoms. The molecule has 1 atom stereocenters. The Morgan fingerprint density at radius 1 is 1.38 bits per heavy atom. The number of halogens is 1. The van der Waals surface area contributed by atoms with Crippen LogP contribution in [-0.2, 0) is 14.3 Å². The molecule has 2 amide bonds. The molecule has 0 spiro atoms. The van der Waals surface area contributed by atoms with E-state index in [0.717, 1.165) is 34.3 Å². The Morgan fingerprint density at radius 2 is 2.07 bits per heavy atom. The molecule has 3 rings (SSSR count). The van der Waals surface area contributed by atoms with Crippen LogP contribution in [-0.4, -0.2) is 47.8 Å². The third kappa shape index (κ3) is 4.16. The van der Waals surface area contributed by atoms with E-state index in [2.05, 4.69) is 32.7 Å². The van der Waals surface area contributed by atoms with Gasteiger partial charge in [0.1, 0.15) is 6.54 Å². The van der Waals surface area contributed by atoms with E-state index in [9.17, 15) is 14.4 Å². The minimum Gasteiger partial charge on any atom is -0.465 e. The zero-order valence-electron chi connectivity index (χ0n) is 17.2. The second kappa shape index (κ2) is 8.03. The molecule has 0 aliphatic carbocycles. The standard InChI is InChI=1S/C21H25ClN2O4S/c1-6-28-18(25)11-24-19(26)17(29-20(24)27)8-13-7-14-12(2)10-21(3,4)23(5)16(14)9-15(13)22/h7-9,12H,6,10-11H2,1-5H3/b17-8-. The summed E-state index contributed by atoms with van der Waals surface area (Å²) in [6, 6.07) is 3.91. The van der Waals surface area contributed by atoms with Gasteiger partial charge in [0.15, 0.2) is 0 Å². The predicted octanol–water partition coefficient (Wildman–Crippen LogP) is 4.66. The molecule has 156 valence electrons. The van der Waals surface area contributed by atoms with Crippen molar-refractivity contribution in [2.24, 2.45) is 0 Å². The van der Waals surface area contributed by atoms with Crippen molar-refractivity contribution in [2.75, 3.05) is 25.1 Å². The van der Waals surface area contributed by atoms with Crippen molar-refractivity contribution in [3.63, 3.8) is 0 Å². The van der Waals surface area contributed by atoms with Gasteiger partial charge >= 0.3 is 5.97 Å². The number of imide groups is 1. The molecular weight excluding hydrogens is 412 g/mol. The lowest BCUT2D eigenvalue weighted by atomic mass is 9.80. The minimum atomic E-state index is -0.609. The number of rotatable bonds is 4. The van der Waals surface area contributed by atoms with E-state index in [1.54, 1.807) is 13.0 Å². The van der Waals surface area contributed by atoms with Crippen molar-refractivity contribution in [1.82, 2.24) is 4.90 Å². The second-order valence-corrected chi connectivity index (χ2v) is 9.38. The maximum Gasteiger partial charge on any atom is 0.326 e. The number of carbonyl (C=O) groups excluding carboxylic acids is 3. The van der Waals surface area contributed by atoms with Crippen molar-refractivity contribution in [2.45, 2.75) is 45.6 Å². The summed E-state index contributed by atoms with van der Waals surface area (Å²) in [7, 11) is 2.06. The molecule has 0 radical (unpaired) electrons. The van der Waals surface area contributed by atoms with Gasteiger partial charge < -0.3 is 9.64 Å². The van der Waals surface area contributed by atoms with Gasteiger partial charge in [-0.25, -0.2) is 0 Å². The molecule has 0 aromatic heterocycles. The van der Waals surface area contributed by atoms with Gasteiger partial charge in [-0.1, -0.05) is 18.5 Å². The van der Waals surface area contributed by atoms with Crippen molar-refractivity contribution in [1.29, 1.82) is 0 Å². The fraction of sp³-hybridized carbons (Fsp3) is 0.476. The van der Waals surface area contributed by atoms with Crippen molar-refractivity contribution in [3.8, 4) is 0 Å². The number of benzene rings is 1. The van der Waals surface area contributed by atoms with Crippen molar-refractivity contribution in [3.05, 3.63) is 33.2 Å². The van der Waals surface area contributed by atoms with Crippen LogP contribution in [0.15, 0.2) is 17.0 Å². The summed E-state index contributed by atoms with van der Waals surface area (Å²) in [5.41, 5.74) is 2.94. The van der Waals surface area contributed by atoms with Gasteiger partial charge in [-0.2, -0.15) is 0 Å². The zero-order valence-corrected chi connectivity index (χ0v) is 18.8. The summed E-state index contributed by atoms with van der Waals surface area (Å²) in [5, 5.41) is 0.0240. The number of anilines is 1. The third-order valence-electron chi connectivity index (χ3n) is 5.50. The summed E-state index contributed by atoms with van der Waals surface area (Å²) in [5.74, 6) is -0.782. The van der Waals surface area contributed by atoms with E-state index in [1.807, 2.05) is 12.1 Å². The average molecular weight is 437 g/mol. The summed E-state index contributed by atoms with van der Waals surface area (Å²) in [6.45, 7) is 8.06. The third-order valence-corrected chi connectivity index (χ3v) is 6.74. The number of esters is 1. The zero-order chi connectivity index (χ0) is 21.5. The van der Waals surface area contributed by atoms with Crippen LogP contribution in [0, 0.1) is 0 Å². The van der Waals surface area contributed by atoms with Gasteiger partial charge in [0.25, 0.3) is 11.1 Å². The molecule has 2 heterocycles. The number of amides is 2. The molecule has 0 N–H and O–H groups in total. The number of nitrogens with zero attached hydrogens (tertiary/aromatic N) is 2. The molecule has 1 fully saturated rings. The Balaban J connectivity index is 1.92. The summed E-state index contributed by atoms with van der Waals surface area (Å²) in [4.78, 5) is 39.9. The minimum absolute atomic E-state index is 0.0208. The van der Waals surface area contributed by atoms with Crippen LogP contribution in [0.25, 0.3) is 6.08 Å². The molecule has 1 aromatic carbocycles. The van der Waals surface area contributed by atoms with Gasteiger partial charge in [-0.15, -0.1) is 0 Å². The average Bonchev–Trinajstić information content (AvgIpc) is 2.88. The molecule has 0 bridgehead atoms. The van der Waals surface area contributed by atoms with E-state index in [4.69, 9.17) is 16.3 Å². The molecule has 2 aliphatic rings. The Bertz CT molecular complexity index is 912. The van der Waals surface area contributed by atoms with E-state index in [1.165, 1.54) is 0 Å². The lowest BCUT2D eigenvalue weighted by Crippen LogP contribution is -2.45. The quantitative estimate of drug-likeness (QED) is 0.505. The molecule has 2 aliphatic heterocycles. The highest BCUT2D eigenvalue weighted by atomic mass is 35.5. The highest BCUT2D eigenvalue weighted by molar-refractivity contribution is 8.18. The van der Waals surface area contributed by atoms with Crippen LogP contribution < -0.4 is 4.90 Å². The Morgan fingerprint density at radius 3 is 2.72 bits per heavy atom. The predicted molar refractivity (Wildman–Crippen MR) is 116 cm³/mol. The summed E-state index contributed by atoms with van der Waals surface area (Å²) in [6.07, 6.45) is 2.62. The lowest BCUT2D eigenvalue weighted by molar-refractivity contribution is -0.145. The molecule has 0 saturated carbocycles. The number of thioether (sulfide) groups is 1. The van der Waals surface area contributed by atoms with Crippen LogP contribution in [0.4, 0.5) is 10.5 Å². The highest BCUT2D eigenvalue weighted by Gasteiger charge is 2.38. The number of ether oxygens (including phenoxy) is 1. The summed E-state index contributed by atoms with van der Waals surface area (Å²) >= 11 is 7.33. The maximum atomic E-state index is 12.6. The monoisotopic (exact) mass is 436 g/mol. The largest absolute Gasteiger partial charge is 0.465 e. The first-order valence-electron chi connectivity index (χ1n) is 9.53. The number of hydrogen-bond donors (Lipinski definition) is 0. The lowest BCUT2D eigenvalue weighted by Gasteiger charge is -2.45. The van der Waals surface area contributed by atoms with E-state index < -0.39 is 17.1 Å². The summed E-state index contributed by atoms with van der Waals surface area (Å²) < 4.78 is 4.83. The second-order valence-electron chi connectivity index (χ2n) is 7.98. The highest BCUT2D eigenvalue weighted by Crippen LogP contribution is 2.45. The first kappa shape index (κ1) is 21.7. The van der Waals surface area contributed by atoms with Crippen molar-refractivity contribution >= 4 is 52.2 Å². The van der Waals surface area contributed by atoms with Crippen LogP contribution >= 0.6 is 23.4 Å². The number of carbonyl (C=O) groups is 3. The van der Waals surface area contributed by atoms with E-state index in [-0.39, 0.29) is 23.6 Å². The normalized spacial score (nSPS) is 22.3. The molecular formula is C21H25ClN2O4S. The molecule has 1 unspecified atom stereocenters. The first-order chi connectivity index (χ1) is 13.5. The topological polar surface area (TPSA) is 66.9 Å². The smallest absolute Gasteiger partial charge is 0.326 e. The molecule has 6 nitrogen and oxygen atoms in total. The molecule has 8 heteroatoms. The molecule has 1 saturated heterocycles. The number of hydrogen-bond acceptors (Lipinski definition) is 6. The Hall–Kier alpha value is -1.99. The fourth-order valence-electron chi connectivity index (χ4n) is 3.83.